The number of rotatable bonds is 10. The third-order valence-corrected chi connectivity index (χ3v) is 10.9. The Bertz CT molecular complexity index is 2180. The van der Waals surface area contributed by atoms with Crippen LogP contribution in [0.2, 0.25) is 0 Å². The molecule has 1 N–H and O–H groups in total. The first kappa shape index (κ1) is 32.7. The maximum Gasteiger partial charge on any atom is 0.339 e. The number of carboxylic acid groups (broad SMARTS) is 1. The quantitative estimate of drug-likeness (QED) is 0.155. The minimum atomic E-state index is -0.993. The second-order valence-electron chi connectivity index (χ2n) is 14.2. The molecule has 51 heavy (non-hydrogen) atoms. The molecule has 0 spiro atoms. The van der Waals surface area contributed by atoms with Crippen molar-refractivity contribution in [1.82, 2.24) is 24.8 Å². The van der Waals surface area contributed by atoms with E-state index in [0.29, 0.717) is 11.6 Å². The van der Waals surface area contributed by atoms with Gasteiger partial charge in [0.05, 0.1) is 29.4 Å². The molecule has 0 radical (unpaired) electrons. The van der Waals surface area contributed by atoms with Gasteiger partial charge in [-0.05, 0) is 72.9 Å². The van der Waals surface area contributed by atoms with E-state index in [4.69, 9.17) is 9.84 Å². The van der Waals surface area contributed by atoms with Crippen LogP contribution in [0.4, 0.5) is 0 Å². The molecule has 0 bridgehead atoms. The molecule has 2 aliphatic rings. The van der Waals surface area contributed by atoms with Gasteiger partial charge in [0, 0.05) is 36.2 Å². The highest BCUT2D eigenvalue weighted by atomic mass is 16.5. The first-order valence-corrected chi connectivity index (χ1v) is 18.1. The molecule has 258 valence electrons. The SMILES string of the molecule is Cc1c(O[C@@H](C)C2CCCCC2)cccc1-c1ccc(-c2ccccc2)c(-n2ncc(C(=O)O)c2C2CC2c2cn(C)nn2)c1-c1ccccc1. The van der Waals surface area contributed by atoms with E-state index in [1.807, 2.05) is 54.3 Å². The zero-order chi connectivity index (χ0) is 35.1. The fourth-order valence-electron chi connectivity index (χ4n) is 8.13. The fourth-order valence-corrected chi connectivity index (χ4v) is 8.13. The third-order valence-electron chi connectivity index (χ3n) is 10.9. The average molecular weight is 678 g/mol. The van der Waals surface area contributed by atoms with Crippen molar-refractivity contribution in [2.45, 2.75) is 70.3 Å². The molecule has 0 saturated heterocycles. The van der Waals surface area contributed by atoms with E-state index in [9.17, 15) is 9.90 Å². The first-order chi connectivity index (χ1) is 24.9. The lowest BCUT2D eigenvalue weighted by Gasteiger charge is -2.29. The van der Waals surface area contributed by atoms with Crippen molar-refractivity contribution in [2.75, 3.05) is 0 Å². The molecular weight excluding hydrogens is 635 g/mol. The smallest absolute Gasteiger partial charge is 0.339 e. The highest BCUT2D eigenvalue weighted by molar-refractivity contribution is 5.97. The predicted octanol–water partition coefficient (Wildman–Crippen LogP) is 9.63. The number of benzene rings is 4. The molecule has 2 aliphatic carbocycles. The minimum absolute atomic E-state index is 0.0537. The van der Waals surface area contributed by atoms with Crippen molar-refractivity contribution < 1.29 is 14.6 Å². The monoisotopic (exact) mass is 677 g/mol. The number of aromatic carboxylic acids is 1. The summed E-state index contributed by atoms with van der Waals surface area (Å²) in [6, 6.07) is 31.3. The Morgan fingerprint density at radius 3 is 2.24 bits per heavy atom. The summed E-state index contributed by atoms with van der Waals surface area (Å²) in [5, 5.41) is 24.0. The molecule has 0 aliphatic heterocycles. The van der Waals surface area contributed by atoms with E-state index in [0.717, 1.165) is 62.5 Å². The summed E-state index contributed by atoms with van der Waals surface area (Å²) in [4.78, 5) is 12.8. The summed E-state index contributed by atoms with van der Waals surface area (Å²) in [5.41, 5.74) is 9.75. The standard InChI is InChI=1S/C43H43N5O3/c1-27-32(20-13-21-39(27)51-28(2)29-14-7-4-8-15-29)34-23-22-33(30-16-9-5-10-17-30)42(40(34)31-18-11-6-12-19-31)48-41(37(25-44-48)43(49)50)36-24-35(36)38-26-47(3)46-45-38/h5-6,9-13,16-23,25-26,28-29,35-36H,4,7-8,14-15,24H2,1-3H3,(H,49,50)/t28-,35?,36?/m0/s1. The van der Waals surface area contributed by atoms with Gasteiger partial charge in [-0.15, -0.1) is 5.10 Å². The van der Waals surface area contributed by atoms with E-state index < -0.39 is 5.97 Å². The van der Waals surface area contributed by atoms with Crippen LogP contribution in [0.1, 0.15) is 84.6 Å². The second-order valence-corrected chi connectivity index (χ2v) is 14.2. The normalized spacial score (nSPS) is 18.0. The molecule has 4 aromatic carbocycles. The number of ether oxygens (including phenoxy) is 1. The summed E-state index contributed by atoms with van der Waals surface area (Å²) >= 11 is 0. The lowest BCUT2D eigenvalue weighted by molar-refractivity contribution is 0.0695. The molecular formula is C43H43N5O3. The van der Waals surface area contributed by atoms with Crippen LogP contribution in [0.3, 0.4) is 0 Å². The van der Waals surface area contributed by atoms with E-state index in [1.54, 1.807) is 4.68 Å². The highest BCUT2D eigenvalue weighted by Gasteiger charge is 2.46. The lowest BCUT2D eigenvalue weighted by atomic mass is 9.85. The van der Waals surface area contributed by atoms with Gasteiger partial charge < -0.3 is 9.84 Å². The largest absolute Gasteiger partial charge is 0.490 e. The van der Waals surface area contributed by atoms with Gasteiger partial charge in [0.2, 0.25) is 0 Å². The molecule has 2 unspecified atom stereocenters. The van der Waals surface area contributed by atoms with Crippen molar-refractivity contribution >= 4 is 5.97 Å². The molecule has 2 heterocycles. The summed E-state index contributed by atoms with van der Waals surface area (Å²) in [5.74, 6) is 0.445. The van der Waals surface area contributed by atoms with Crippen molar-refractivity contribution in [2.24, 2.45) is 13.0 Å². The molecule has 2 fully saturated rings. The van der Waals surface area contributed by atoms with Crippen molar-refractivity contribution in [3.63, 3.8) is 0 Å². The van der Waals surface area contributed by atoms with E-state index >= 15 is 0 Å². The maximum absolute atomic E-state index is 12.8. The Morgan fingerprint density at radius 1 is 0.843 bits per heavy atom. The summed E-state index contributed by atoms with van der Waals surface area (Å²) in [6.07, 6.45) is 10.6. The van der Waals surface area contributed by atoms with Crippen LogP contribution in [-0.4, -0.2) is 42.0 Å². The third kappa shape index (κ3) is 6.24. The number of nitrogens with zero attached hydrogens (tertiary/aromatic N) is 5. The average Bonchev–Trinajstić information content (AvgIpc) is 3.61. The van der Waals surface area contributed by atoms with Crippen molar-refractivity contribution in [1.29, 1.82) is 0 Å². The summed E-state index contributed by atoms with van der Waals surface area (Å²) < 4.78 is 10.3. The van der Waals surface area contributed by atoms with Gasteiger partial charge in [-0.2, -0.15) is 5.10 Å². The minimum Gasteiger partial charge on any atom is -0.490 e. The van der Waals surface area contributed by atoms with Crippen LogP contribution in [0.5, 0.6) is 5.75 Å². The van der Waals surface area contributed by atoms with Crippen LogP contribution in [0.25, 0.3) is 39.1 Å². The Hall–Kier alpha value is -5.50. The Balaban J connectivity index is 1.35. The molecule has 2 saturated carbocycles. The molecule has 8 nitrogen and oxygen atoms in total. The number of aryl methyl sites for hydroxylation is 1. The number of aromatic nitrogens is 5. The number of carbonyl (C=O) groups is 1. The molecule has 8 heteroatoms. The molecule has 0 amide bonds. The van der Waals surface area contributed by atoms with Crippen LogP contribution in [0, 0.1) is 12.8 Å². The summed E-state index contributed by atoms with van der Waals surface area (Å²) in [7, 11) is 1.85. The van der Waals surface area contributed by atoms with Gasteiger partial charge in [-0.3, -0.25) is 4.68 Å². The van der Waals surface area contributed by atoms with E-state index in [1.165, 1.54) is 38.3 Å². The molecule has 8 rings (SSSR count). The number of hydrogen-bond donors (Lipinski definition) is 1. The van der Waals surface area contributed by atoms with Crippen molar-refractivity contribution in [3.05, 3.63) is 126 Å². The fraction of sp³-hybridized carbons (Fsp3) is 0.302. The van der Waals surface area contributed by atoms with E-state index in [2.05, 4.69) is 78.8 Å². The Kier molecular flexibility index (Phi) is 8.76. The predicted molar refractivity (Wildman–Crippen MR) is 199 cm³/mol. The molecule has 2 aromatic heterocycles. The Morgan fingerprint density at radius 2 is 1.55 bits per heavy atom. The van der Waals surface area contributed by atoms with Crippen LogP contribution >= 0.6 is 0 Å². The van der Waals surface area contributed by atoms with Crippen LogP contribution in [-0.2, 0) is 7.05 Å². The molecule has 6 aromatic rings. The number of carboxylic acids is 1. The number of hydrogen-bond acceptors (Lipinski definition) is 5. The van der Waals surface area contributed by atoms with Crippen LogP contribution < -0.4 is 4.74 Å². The van der Waals surface area contributed by atoms with Crippen molar-refractivity contribution in [3.8, 4) is 44.8 Å². The zero-order valence-electron chi connectivity index (χ0n) is 29.4. The van der Waals surface area contributed by atoms with Crippen LogP contribution in [0.15, 0.2) is 103 Å². The van der Waals surface area contributed by atoms with Gasteiger partial charge in [-0.25, -0.2) is 9.48 Å². The second kappa shape index (κ2) is 13.7. The first-order valence-electron chi connectivity index (χ1n) is 18.1. The zero-order valence-corrected chi connectivity index (χ0v) is 29.4. The van der Waals surface area contributed by atoms with Gasteiger partial charge in [0.1, 0.15) is 11.3 Å². The topological polar surface area (TPSA) is 95.1 Å². The van der Waals surface area contributed by atoms with Gasteiger partial charge >= 0.3 is 5.97 Å². The summed E-state index contributed by atoms with van der Waals surface area (Å²) in [6.45, 7) is 4.37. The van der Waals surface area contributed by atoms with Gasteiger partial charge in [-0.1, -0.05) is 109 Å². The molecule has 3 atom stereocenters. The van der Waals surface area contributed by atoms with Gasteiger partial charge in [0.25, 0.3) is 0 Å². The Labute approximate surface area is 298 Å². The van der Waals surface area contributed by atoms with Gasteiger partial charge in [0.15, 0.2) is 0 Å². The maximum atomic E-state index is 12.8. The lowest BCUT2D eigenvalue weighted by Crippen LogP contribution is -2.26. The highest BCUT2D eigenvalue weighted by Crippen LogP contribution is 2.56. The van der Waals surface area contributed by atoms with E-state index in [-0.39, 0.29) is 23.5 Å².